The van der Waals surface area contributed by atoms with E-state index in [2.05, 4.69) is 14.5 Å². The molecule has 2 aliphatic rings. The predicted octanol–water partition coefficient (Wildman–Crippen LogP) is 3.00. The second-order valence-electron chi connectivity index (χ2n) is 7.52. The first-order valence-electron chi connectivity index (χ1n) is 9.15. The highest BCUT2D eigenvalue weighted by Gasteiger charge is 2.55. The number of aryl methyl sites for hydroxylation is 1. The zero-order valence-electron chi connectivity index (χ0n) is 15.0. The van der Waals surface area contributed by atoms with Crippen molar-refractivity contribution in [1.29, 1.82) is 0 Å². The Hall–Kier alpha value is -2.54. The molecule has 3 atom stereocenters. The second-order valence-corrected chi connectivity index (χ2v) is 7.52. The van der Waals surface area contributed by atoms with E-state index in [1.54, 1.807) is 12.4 Å². The van der Waals surface area contributed by atoms with Gasteiger partial charge in [0.1, 0.15) is 17.1 Å². The standard InChI is InChI=1S/C20H20F2N4O/c1-25-19-4-5-23-7-18(19)24-20(25)10-26-8-13-14(9-26)15(13)11-27-12-2-3-16(21)17(22)6-12/h2-7,13-15H,8-11H2,1H3/t13-,14+,15?. The van der Waals surface area contributed by atoms with Gasteiger partial charge in [0, 0.05) is 38.3 Å². The number of hydrogen-bond donors (Lipinski definition) is 0. The Morgan fingerprint density at radius 1 is 1.15 bits per heavy atom. The lowest BCUT2D eigenvalue weighted by Crippen LogP contribution is -2.26. The van der Waals surface area contributed by atoms with Crippen molar-refractivity contribution in [2.24, 2.45) is 24.8 Å². The number of pyridine rings is 1. The highest BCUT2D eigenvalue weighted by atomic mass is 19.2. The number of likely N-dealkylation sites (tertiary alicyclic amines) is 1. The summed E-state index contributed by atoms with van der Waals surface area (Å²) in [5.41, 5.74) is 2.03. The molecule has 0 spiro atoms. The molecule has 1 aromatic carbocycles. The van der Waals surface area contributed by atoms with Crippen molar-refractivity contribution < 1.29 is 13.5 Å². The fourth-order valence-electron chi connectivity index (χ4n) is 4.32. The number of nitrogens with zero attached hydrogens (tertiary/aromatic N) is 4. The minimum Gasteiger partial charge on any atom is -0.493 e. The molecule has 0 amide bonds. The minimum atomic E-state index is -0.868. The van der Waals surface area contributed by atoms with E-state index in [1.165, 1.54) is 6.07 Å². The summed E-state index contributed by atoms with van der Waals surface area (Å²) < 4.78 is 34.0. The monoisotopic (exact) mass is 370 g/mol. The van der Waals surface area contributed by atoms with Crippen LogP contribution in [0.25, 0.3) is 11.0 Å². The van der Waals surface area contributed by atoms with Crippen molar-refractivity contribution in [3.63, 3.8) is 0 Å². The van der Waals surface area contributed by atoms with Crippen LogP contribution in [-0.4, -0.2) is 39.1 Å². The summed E-state index contributed by atoms with van der Waals surface area (Å²) in [6, 6.07) is 5.68. The lowest BCUT2D eigenvalue weighted by molar-refractivity contribution is 0.226. The molecule has 2 fully saturated rings. The van der Waals surface area contributed by atoms with Crippen LogP contribution < -0.4 is 4.74 Å². The number of aromatic nitrogens is 3. The van der Waals surface area contributed by atoms with Crippen LogP contribution in [0.4, 0.5) is 8.78 Å². The van der Waals surface area contributed by atoms with Gasteiger partial charge in [-0.05, 0) is 30.0 Å². The molecule has 2 aromatic heterocycles. The highest BCUT2D eigenvalue weighted by molar-refractivity contribution is 5.74. The molecule has 0 N–H and O–H groups in total. The molecule has 1 saturated carbocycles. The zero-order chi connectivity index (χ0) is 18.5. The number of hydrogen-bond acceptors (Lipinski definition) is 4. The number of benzene rings is 1. The largest absolute Gasteiger partial charge is 0.493 e. The molecule has 1 saturated heterocycles. The van der Waals surface area contributed by atoms with E-state index >= 15 is 0 Å². The molecule has 0 bridgehead atoms. The van der Waals surface area contributed by atoms with E-state index in [4.69, 9.17) is 9.72 Å². The van der Waals surface area contributed by atoms with Crippen LogP contribution in [0, 0.1) is 29.4 Å². The maximum Gasteiger partial charge on any atom is 0.162 e. The van der Waals surface area contributed by atoms with Gasteiger partial charge in [0.15, 0.2) is 11.6 Å². The topological polar surface area (TPSA) is 43.2 Å². The molecule has 3 heterocycles. The summed E-state index contributed by atoms with van der Waals surface area (Å²) in [4.78, 5) is 11.3. The van der Waals surface area contributed by atoms with Gasteiger partial charge in [-0.25, -0.2) is 13.8 Å². The third kappa shape index (κ3) is 2.96. The van der Waals surface area contributed by atoms with Gasteiger partial charge >= 0.3 is 0 Å². The summed E-state index contributed by atoms with van der Waals surface area (Å²) in [6.45, 7) is 3.44. The lowest BCUT2D eigenvalue weighted by atomic mass is 10.2. The van der Waals surface area contributed by atoms with Crippen LogP contribution in [0.15, 0.2) is 36.7 Å². The van der Waals surface area contributed by atoms with Crippen molar-refractivity contribution in [3.05, 3.63) is 54.1 Å². The second kappa shape index (κ2) is 6.27. The highest BCUT2D eigenvalue weighted by Crippen LogP contribution is 2.52. The average Bonchev–Trinajstić information content (AvgIpc) is 2.98. The molecular formula is C20H20F2N4O. The van der Waals surface area contributed by atoms with Crippen molar-refractivity contribution in [2.75, 3.05) is 19.7 Å². The number of ether oxygens (including phenoxy) is 1. The summed E-state index contributed by atoms with van der Waals surface area (Å²) >= 11 is 0. The molecular weight excluding hydrogens is 350 g/mol. The summed E-state index contributed by atoms with van der Waals surface area (Å²) in [5, 5.41) is 0. The van der Waals surface area contributed by atoms with E-state index in [0.29, 0.717) is 30.1 Å². The van der Waals surface area contributed by atoms with Gasteiger partial charge < -0.3 is 9.30 Å². The summed E-state index contributed by atoms with van der Waals surface area (Å²) in [5.74, 6) is 1.46. The number of rotatable bonds is 5. The van der Waals surface area contributed by atoms with Crippen LogP contribution in [0.2, 0.25) is 0 Å². The third-order valence-electron chi connectivity index (χ3n) is 5.92. The van der Waals surface area contributed by atoms with E-state index in [1.807, 2.05) is 13.1 Å². The van der Waals surface area contributed by atoms with Gasteiger partial charge in [-0.2, -0.15) is 0 Å². The molecule has 140 valence electrons. The summed E-state index contributed by atoms with van der Waals surface area (Å²) in [7, 11) is 2.04. The van der Waals surface area contributed by atoms with Crippen molar-refractivity contribution in [3.8, 4) is 5.75 Å². The average molecular weight is 370 g/mol. The Morgan fingerprint density at radius 2 is 1.96 bits per heavy atom. The number of halogens is 2. The Labute approximate surface area is 155 Å². The minimum absolute atomic E-state index is 0.393. The third-order valence-corrected chi connectivity index (χ3v) is 5.92. The number of fused-ring (bicyclic) bond motifs is 2. The van der Waals surface area contributed by atoms with Crippen molar-refractivity contribution >= 4 is 11.0 Å². The first kappa shape index (κ1) is 16.6. The number of imidazole rings is 1. The van der Waals surface area contributed by atoms with Gasteiger partial charge in [0.2, 0.25) is 0 Å². The molecule has 7 heteroatoms. The van der Waals surface area contributed by atoms with E-state index in [-0.39, 0.29) is 0 Å². The first-order chi connectivity index (χ1) is 13.1. The van der Waals surface area contributed by atoms with E-state index in [9.17, 15) is 8.78 Å². The Morgan fingerprint density at radius 3 is 2.70 bits per heavy atom. The molecule has 5 rings (SSSR count). The molecule has 27 heavy (non-hydrogen) atoms. The Kier molecular flexibility index (Phi) is 3.86. The maximum atomic E-state index is 13.2. The van der Waals surface area contributed by atoms with Crippen LogP contribution in [-0.2, 0) is 13.6 Å². The Bertz CT molecular complexity index is 993. The molecule has 5 nitrogen and oxygen atoms in total. The molecule has 1 aliphatic heterocycles. The predicted molar refractivity (Wildman–Crippen MR) is 96.1 cm³/mol. The van der Waals surface area contributed by atoms with Crippen molar-refractivity contribution in [1.82, 2.24) is 19.4 Å². The summed E-state index contributed by atoms with van der Waals surface area (Å²) in [6.07, 6.45) is 3.59. The van der Waals surface area contributed by atoms with Crippen molar-refractivity contribution in [2.45, 2.75) is 6.54 Å². The van der Waals surface area contributed by atoms with Gasteiger partial charge in [0.05, 0.1) is 24.9 Å². The van der Waals surface area contributed by atoms with Gasteiger partial charge in [-0.3, -0.25) is 9.88 Å². The molecule has 0 radical (unpaired) electrons. The van der Waals surface area contributed by atoms with Crippen LogP contribution in [0.1, 0.15) is 5.82 Å². The molecule has 1 unspecified atom stereocenters. The van der Waals surface area contributed by atoms with E-state index in [0.717, 1.165) is 48.6 Å². The molecule has 3 aromatic rings. The SMILES string of the molecule is Cn1c(CN2C[C@@H]3C(COc4ccc(F)c(F)c4)[C@@H]3C2)nc2cnccc21. The lowest BCUT2D eigenvalue weighted by Gasteiger charge is -2.19. The smallest absolute Gasteiger partial charge is 0.162 e. The van der Waals surface area contributed by atoms with Gasteiger partial charge in [0.25, 0.3) is 0 Å². The van der Waals surface area contributed by atoms with Crippen LogP contribution >= 0.6 is 0 Å². The Balaban J connectivity index is 1.16. The normalized spacial score (nSPS) is 24.3. The molecule has 1 aliphatic carbocycles. The number of piperidine rings is 1. The van der Waals surface area contributed by atoms with Gasteiger partial charge in [-0.15, -0.1) is 0 Å². The first-order valence-corrected chi connectivity index (χ1v) is 9.15. The van der Waals surface area contributed by atoms with Crippen LogP contribution in [0.3, 0.4) is 0 Å². The zero-order valence-corrected chi connectivity index (χ0v) is 15.0. The fourth-order valence-corrected chi connectivity index (χ4v) is 4.32. The van der Waals surface area contributed by atoms with Crippen LogP contribution in [0.5, 0.6) is 5.75 Å². The fraction of sp³-hybridized carbons (Fsp3) is 0.400. The van der Waals surface area contributed by atoms with E-state index < -0.39 is 11.6 Å². The quantitative estimate of drug-likeness (QED) is 0.693. The van der Waals surface area contributed by atoms with Gasteiger partial charge in [-0.1, -0.05) is 0 Å². The maximum absolute atomic E-state index is 13.2.